The third kappa shape index (κ3) is 9.90. The van der Waals surface area contributed by atoms with Gasteiger partial charge in [-0.1, -0.05) is 43.9 Å². The Morgan fingerprint density at radius 3 is 2.48 bits per heavy atom. The summed E-state index contributed by atoms with van der Waals surface area (Å²) >= 11 is 0. The minimum absolute atomic E-state index is 0.00765. The lowest BCUT2D eigenvalue weighted by molar-refractivity contribution is -0.115. The molecule has 2 amide bonds. The molecule has 1 atom stereocenters. The number of hydrogen-bond donors (Lipinski definition) is 2. The van der Waals surface area contributed by atoms with E-state index in [1.54, 1.807) is 6.33 Å². The van der Waals surface area contributed by atoms with Crippen molar-refractivity contribution in [1.82, 2.24) is 19.9 Å². The van der Waals surface area contributed by atoms with E-state index < -0.39 is 19.8 Å². The Morgan fingerprint density at radius 1 is 0.981 bits per heavy atom. The van der Waals surface area contributed by atoms with Crippen molar-refractivity contribution in [2.24, 2.45) is 0 Å². The minimum atomic E-state index is -1.24. The summed E-state index contributed by atoms with van der Waals surface area (Å²) in [6, 6.07) is 19.2. The number of benzene rings is 2. The molecule has 2 fully saturated rings. The van der Waals surface area contributed by atoms with Crippen LogP contribution in [0.1, 0.15) is 32.8 Å². The Hall–Kier alpha value is -4.46. The Bertz CT molecular complexity index is 1840. The standard InChI is InChI=1S/C39H53N7O5Si/c1-39(2,3)51-38(48)43-31-14-15-45(25-31)32-9-7-8-28(22-32)23-35(47)42-30-12-10-29(11-13-30)34-24-33-36(44-16-18-49-19-17-44)40-26-41-37(33)46(34)27-50-20-21-52(4,5)6/h7-13,22,24,26,31H,14-21,23,25,27H2,1-6H3,(H,42,47)(H,43,48)/t31-/m0/s1. The highest BCUT2D eigenvalue weighted by Gasteiger charge is 2.27. The molecule has 12 nitrogen and oxygen atoms in total. The van der Waals surface area contributed by atoms with Crippen molar-refractivity contribution in [2.75, 3.05) is 61.1 Å². The summed E-state index contributed by atoms with van der Waals surface area (Å²) in [6.07, 6.45) is 2.31. The van der Waals surface area contributed by atoms with E-state index in [0.717, 1.165) is 77.1 Å². The Balaban J connectivity index is 1.12. The molecule has 2 aromatic heterocycles. The number of ether oxygens (including phenoxy) is 3. The lowest BCUT2D eigenvalue weighted by atomic mass is 10.1. The number of carbonyl (C=O) groups excluding carboxylic acids is 2. The van der Waals surface area contributed by atoms with Gasteiger partial charge in [0.15, 0.2) is 0 Å². The second-order valence-electron chi connectivity index (χ2n) is 15.9. The summed E-state index contributed by atoms with van der Waals surface area (Å²) in [5.74, 6) is 0.816. The van der Waals surface area contributed by atoms with Crippen LogP contribution in [0.5, 0.6) is 0 Å². The zero-order valence-electron chi connectivity index (χ0n) is 31.4. The van der Waals surface area contributed by atoms with Crippen LogP contribution in [0.2, 0.25) is 25.7 Å². The fraction of sp³-hybridized carbons (Fsp3) is 0.487. The Labute approximate surface area is 307 Å². The number of alkyl carbamates (subject to hydrolysis) is 1. The van der Waals surface area contributed by atoms with Crippen molar-refractivity contribution in [2.45, 2.75) is 77.7 Å². The Morgan fingerprint density at radius 2 is 1.75 bits per heavy atom. The normalized spacial score (nSPS) is 16.7. The summed E-state index contributed by atoms with van der Waals surface area (Å²) in [5, 5.41) is 7.04. The van der Waals surface area contributed by atoms with Gasteiger partial charge < -0.3 is 39.2 Å². The predicted octanol–water partition coefficient (Wildman–Crippen LogP) is 6.53. The maximum absolute atomic E-state index is 13.2. The molecule has 2 saturated heterocycles. The molecule has 2 aromatic carbocycles. The predicted molar refractivity (Wildman–Crippen MR) is 209 cm³/mol. The maximum Gasteiger partial charge on any atom is 0.407 e. The molecular formula is C39H53N7O5Si. The van der Waals surface area contributed by atoms with Crippen LogP contribution in [0.15, 0.2) is 60.9 Å². The fourth-order valence-corrected chi connectivity index (χ4v) is 7.30. The lowest BCUT2D eigenvalue weighted by Gasteiger charge is -2.28. The van der Waals surface area contributed by atoms with Crippen molar-refractivity contribution in [1.29, 1.82) is 0 Å². The van der Waals surface area contributed by atoms with Crippen LogP contribution in [0.4, 0.5) is 22.0 Å². The molecule has 0 spiro atoms. The topological polar surface area (TPSA) is 123 Å². The molecule has 13 heteroatoms. The first-order valence-corrected chi connectivity index (χ1v) is 22.0. The zero-order valence-corrected chi connectivity index (χ0v) is 32.4. The average Bonchev–Trinajstić information content (AvgIpc) is 3.71. The van der Waals surface area contributed by atoms with Crippen LogP contribution < -0.4 is 20.4 Å². The van der Waals surface area contributed by atoms with Crippen LogP contribution in [-0.4, -0.2) is 92.3 Å². The van der Waals surface area contributed by atoms with Gasteiger partial charge >= 0.3 is 6.09 Å². The van der Waals surface area contributed by atoms with E-state index in [2.05, 4.69) is 61.8 Å². The molecule has 2 aliphatic heterocycles. The number of aromatic nitrogens is 3. The van der Waals surface area contributed by atoms with Crippen LogP contribution in [0.25, 0.3) is 22.3 Å². The molecule has 52 heavy (non-hydrogen) atoms. The van der Waals surface area contributed by atoms with Crippen LogP contribution >= 0.6 is 0 Å². The number of amides is 2. The monoisotopic (exact) mass is 727 g/mol. The highest BCUT2D eigenvalue weighted by atomic mass is 28.3. The number of nitrogens with zero attached hydrogens (tertiary/aromatic N) is 5. The van der Waals surface area contributed by atoms with Crippen molar-refractivity contribution < 1.29 is 23.8 Å². The summed E-state index contributed by atoms with van der Waals surface area (Å²) in [4.78, 5) is 39.3. The largest absolute Gasteiger partial charge is 0.444 e. The van der Waals surface area contributed by atoms with E-state index in [1.807, 2.05) is 63.2 Å². The first kappa shape index (κ1) is 37.3. The molecule has 2 N–H and O–H groups in total. The van der Waals surface area contributed by atoms with Gasteiger partial charge in [0.25, 0.3) is 0 Å². The smallest absolute Gasteiger partial charge is 0.407 e. The molecule has 4 heterocycles. The summed E-state index contributed by atoms with van der Waals surface area (Å²) in [7, 11) is -1.24. The number of carbonyl (C=O) groups is 2. The minimum Gasteiger partial charge on any atom is -0.444 e. The van der Waals surface area contributed by atoms with Crippen LogP contribution in [0.3, 0.4) is 0 Å². The van der Waals surface area contributed by atoms with Crippen LogP contribution in [0, 0.1) is 0 Å². The van der Waals surface area contributed by atoms with Crippen molar-refractivity contribution >= 4 is 48.3 Å². The molecule has 278 valence electrons. The summed E-state index contributed by atoms with van der Waals surface area (Å²) in [5.41, 5.74) is 4.96. The summed E-state index contributed by atoms with van der Waals surface area (Å²) in [6.45, 7) is 18.1. The SMILES string of the molecule is CC(C)(C)OC(=O)N[C@H]1CCN(c2cccc(CC(=O)Nc3ccc(-c4cc5c(N6CCOCC6)ncnc5n4COCC[Si](C)(C)C)cc3)c2)C1. The van der Waals surface area contributed by atoms with Gasteiger partial charge in [-0.05, 0) is 74.7 Å². The third-order valence-electron chi connectivity index (χ3n) is 9.21. The number of hydrogen-bond acceptors (Lipinski definition) is 9. The van der Waals surface area contributed by atoms with Gasteiger partial charge in [0, 0.05) is 52.2 Å². The van der Waals surface area contributed by atoms with Gasteiger partial charge in [-0.2, -0.15) is 0 Å². The molecule has 4 aromatic rings. The van der Waals surface area contributed by atoms with Crippen LogP contribution in [-0.2, 0) is 32.2 Å². The second kappa shape index (κ2) is 16.1. The second-order valence-corrected chi connectivity index (χ2v) is 21.5. The quantitative estimate of drug-likeness (QED) is 0.124. The third-order valence-corrected chi connectivity index (χ3v) is 10.9. The van der Waals surface area contributed by atoms with Crippen molar-refractivity contribution in [3.05, 3.63) is 66.5 Å². The van der Waals surface area contributed by atoms with Gasteiger partial charge in [0.1, 0.15) is 30.1 Å². The van der Waals surface area contributed by atoms with Gasteiger partial charge in [-0.15, -0.1) is 0 Å². The summed E-state index contributed by atoms with van der Waals surface area (Å²) < 4.78 is 19.4. The molecular weight excluding hydrogens is 675 g/mol. The molecule has 0 unspecified atom stereocenters. The molecule has 0 bridgehead atoms. The number of morpholine rings is 1. The van der Waals surface area contributed by atoms with Crippen molar-refractivity contribution in [3.63, 3.8) is 0 Å². The van der Waals surface area contributed by atoms with Gasteiger partial charge in [-0.3, -0.25) is 4.79 Å². The molecule has 6 rings (SSSR count). The number of rotatable bonds is 12. The lowest BCUT2D eigenvalue weighted by Crippen LogP contribution is -2.40. The average molecular weight is 728 g/mol. The molecule has 0 aliphatic carbocycles. The first-order chi connectivity index (χ1) is 24.8. The van der Waals surface area contributed by atoms with E-state index >= 15 is 0 Å². The fourth-order valence-electron chi connectivity index (χ4n) is 6.55. The van der Waals surface area contributed by atoms with Gasteiger partial charge in [0.05, 0.1) is 36.8 Å². The van der Waals surface area contributed by atoms with E-state index in [4.69, 9.17) is 19.2 Å². The zero-order chi connectivity index (χ0) is 36.9. The highest BCUT2D eigenvalue weighted by Crippen LogP contribution is 2.33. The molecule has 2 aliphatic rings. The van der Waals surface area contributed by atoms with Gasteiger partial charge in [-0.25, -0.2) is 14.8 Å². The number of nitrogens with one attached hydrogen (secondary N) is 2. The number of fused-ring (bicyclic) bond motifs is 1. The van der Waals surface area contributed by atoms with E-state index in [0.29, 0.717) is 33.1 Å². The molecule has 0 saturated carbocycles. The first-order valence-electron chi connectivity index (χ1n) is 18.3. The molecule has 0 radical (unpaired) electrons. The maximum atomic E-state index is 13.2. The highest BCUT2D eigenvalue weighted by molar-refractivity contribution is 6.76. The van der Waals surface area contributed by atoms with E-state index in [-0.39, 0.29) is 18.4 Å². The van der Waals surface area contributed by atoms with Gasteiger partial charge in [0.2, 0.25) is 5.91 Å². The Kier molecular flexibility index (Phi) is 11.5. The number of anilines is 3. The van der Waals surface area contributed by atoms with Crippen molar-refractivity contribution in [3.8, 4) is 11.3 Å². The van der Waals surface area contributed by atoms with E-state index in [1.165, 1.54) is 0 Å². The van der Waals surface area contributed by atoms with E-state index in [9.17, 15) is 9.59 Å².